The standard InChI is InChI=1S/C12H17BrN2O2.C7H9BrN2/c1-8(9-5-6-10(13)14-7-9)15-11(16)17-12(2,3)4;1-5(9)6-2-3-7(8)10-4-6/h5-8H,1-4H3,(H,15,16);2-5H,9H2,1H3/t8-;5-/m00/s1. The number of rotatable bonds is 3. The molecule has 3 N–H and O–H groups in total. The van der Waals surface area contributed by atoms with Gasteiger partial charge >= 0.3 is 6.09 Å². The molecule has 2 aromatic heterocycles. The van der Waals surface area contributed by atoms with Crippen molar-refractivity contribution in [1.29, 1.82) is 0 Å². The summed E-state index contributed by atoms with van der Waals surface area (Å²) in [6, 6.07) is 7.52. The summed E-state index contributed by atoms with van der Waals surface area (Å²) in [6.45, 7) is 9.31. The number of halogens is 2. The van der Waals surface area contributed by atoms with E-state index >= 15 is 0 Å². The molecule has 2 atom stereocenters. The number of carbonyl (C=O) groups excluding carboxylic acids is 1. The van der Waals surface area contributed by atoms with Crippen molar-refractivity contribution >= 4 is 38.0 Å². The van der Waals surface area contributed by atoms with Gasteiger partial charge in [0.25, 0.3) is 0 Å². The van der Waals surface area contributed by atoms with Crippen LogP contribution in [0.3, 0.4) is 0 Å². The number of ether oxygens (including phenoxy) is 1. The number of nitrogens with zero attached hydrogens (tertiary/aromatic N) is 2. The van der Waals surface area contributed by atoms with Gasteiger partial charge in [-0.15, -0.1) is 0 Å². The van der Waals surface area contributed by atoms with Crippen molar-refractivity contribution in [3.8, 4) is 0 Å². The highest BCUT2D eigenvalue weighted by atomic mass is 79.9. The molecule has 0 spiro atoms. The van der Waals surface area contributed by atoms with Crippen molar-refractivity contribution in [1.82, 2.24) is 15.3 Å². The Kier molecular flexibility index (Phi) is 9.35. The Bertz CT molecular complexity index is 714. The van der Waals surface area contributed by atoms with Crippen LogP contribution in [0.2, 0.25) is 0 Å². The van der Waals surface area contributed by atoms with E-state index in [9.17, 15) is 4.79 Å². The molecule has 0 aliphatic carbocycles. The molecular weight excluding hydrogens is 476 g/mol. The van der Waals surface area contributed by atoms with E-state index in [4.69, 9.17) is 10.5 Å². The molecule has 0 saturated heterocycles. The number of hydrogen-bond donors (Lipinski definition) is 2. The molecular formula is C19H26Br2N4O2. The van der Waals surface area contributed by atoms with Gasteiger partial charge in [0.15, 0.2) is 0 Å². The third kappa shape index (κ3) is 9.83. The SMILES string of the molecule is C[C@H](N)c1ccc(Br)nc1.C[C@H](NC(=O)OC(C)(C)C)c1ccc(Br)nc1. The predicted molar refractivity (Wildman–Crippen MR) is 114 cm³/mol. The first-order valence-corrected chi connectivity index (χ1v) is 10.0. The van der Waals surface area contributed by atoms with Crippen molar-refractivity contribution in [2.24, 2.45) is 5.73 Å². The molecule has 0 aliphatic heterocycles. The second-order valence-electron chi connectivity index (χ2n) is 6.99. The van der Waals surface area contributed by atoms with Gasteiger partial charge in [-0.3, -0.25) is 0 Å². The van der Waals surface area contributed by atoms with Crippen LogP contribution in [-0.4, -0.2) is 21.7 Å². The minimum atomic E-state index is -0.484. The smallest absolute Gasteiger partial charge is 0.408 e. The fourth-order valence-corrected chi connectivity index (χ4v) is 2.34. The second kappa shape index (κ2) is 10.7. The van der Waals surface area contributed by atoms with Crippen LogP contribution in [-0.2, 0) is 4.74 Å². The largest absolute Gasteiger partial charge is 0.444 e. The lowest BCUT2D eigenvalue weighted by Crippen LogP contribution is -2.34. The van der Waals surface area contributed by atoms with Crippen LogP contribution < -0.4 is 11.1 Å². The summed E-state index contributed by atoms with van der Waals surface area (Å²) in [4.78, 5) is 19.7. The maximum Gasteiger partial charge on any atom is 0.408 e. The number of nitrogens with one attached hydrogen (secondary N) is 1. The van der Waals surface area contributed by atoms with E-state index in [0.717, 1.165) is 20.3 Å². The molecule has 0 aliphatic rings. The van der Waals surface area contributed by atoms with E-state index in [0.29, 0.717) is 0 Å². The molecule has 0 bridgehead atoms. The highest BCUT2D eigenvalue weighted by Gasteiger charge is 2.18. The average molecular weight is 502 g/mol. The molecule has 6 nitrogen and oxygen atoms in total. The van der Waals surface area contributed by atoms with Crippen LogP contribution in [0.5, 0.6) is 0 Å². The minimum Gasteiger partial charge on any atom is -0.444 e. The molecule has 0 radical (unpaired) electrons. The minimum absolute atomic E-state index is 0.0700. The Morgan fingerprint density at radius 2 is 1.52 bits per heavy atom. The number of aromatic nitrogens is 2. The van der Waals surface area contributed by atoms with Gasteiger partial charge in [0.2, 0.25) is 0 Å². The molecule has 2 heterocycles. The van der Waals surface area contributed by atoms with E-state index in [-0.39, 0.29) is 12.1 Å². The number of amides is 1. The third-order valence-electron chi connectivity index (χ3n) is 3.26. The van der Waals surface area contributed by atoms with Gasteiger partial charge in [-0.2, -0.15) is 0 Å². The first-order valence-electron chi connectivity index (χ1n) is 8.46. The molecule has 0 aromatic carbocycles. The Balaban J connectivity index is 0.000000309. The van der Waals surface area contributed by atoms with Gasteiger partial charge in [-0.1, -0.05) is 12.1 Å². The van der Waals surface area contributed by atoms with Crippen molar-refractivity contribution in [2.45, 2.75) is 52.3 Å². The molecule has 27 heavy (non-hydrogen) atoms. The fourth-order valence-electron chi connectivity index (χ4n) is 1.87. The second-order valence-corrected chi connectivity index (χ2v) is 8.61. The van der Waals surface area contributed by atoms with E-state index in [1.807, 2.05) is 58.9 Å². The first-order chi connectivity index (χ1) is 12.5. The van der Waals surface area contributed by atoms with E-state index in [1.54, 1.807) is 12.4 Å². The van der Waals surface area contributed by atoms with Crippen LogP contribution in [0.4, 0.5) is 4.79 Å². The summed E-state index contributed by atoms with van der Waals surface area (Å²) in [5.41, 5.74) is 7.11. The summed E-state index contributed by atoms with van der Waals surface area (Å²) in [6.07, 6.45) is 3.06. The lowest BCUT2D eigenvalue weighted by atomic mass is 10.1. The Labute approximate surface area is 177 Å². The highest BCUT2D eigenvalue weighted by molar-refractivity contribution is 9.10. The van der Waals surface area contributed by atoms with Gasteiger partial charge < -0.3 is 15.8 Å². The van der Waals surface area contributed by atoms with E-state index in [2.05, 4.69) is 47.1 Å². The molecule has 0 fully saturated rings. The summed E-state index contributed by atoms with van der Waals surface area (Å²) in [7, 11) is 0. The van der Waals surface area contributed by atoms with Crippen LogP contribution in [0.1, 0.15) is 57.8 Å². The normalized spacial score (nSPS) is 13.0. The maximum atomic E-state index is 11.5. The zero-order valence-electron chi connectivity index (χ0n) is 16.2. The number of pyridine rings is 2. The molecule has 2 rings (SSSR count). The number of carbonyl (C=O) groups is 1. The van der Waals surface area contributed by atoms with Gasteiger partial charge in [0.05, 0.1) is 6.04 Å². The van der Waals surface area contributed by atoms with Crippen molar-refractivity contribution < 1.29 is 9.53 Å². The van der Waals surface area contributed by atoms with Crippen LogP contribution in [0.25, 0.3) is 0 Å². The zero-order chi connectivity index (χ0) is 20.6. The Morgan fingerprint density at radius 1 is 1.04 bits per heavy atom. The highest BCUT2D eigenvalue weighted by Crippen LogP contribution is 2.15. The molecule has 8 heteroatoms. The van der Waals surface area contributed by atoms with Gasteiger partial charge in [0, 0.05) is 18.4 Å². The molecule has 2 aromatic rings. The van der Waals surface area contributed by atoms with Crippen molar-refractivity contribution in [3.05, 3.63) is 57.0 Å². The van der Waals surface area contributed by atoms with Gasteiger partial charge in [-0.05, 0) is 89.7 Å². The van der Waals surface area contributed by atoms with Crippen LogP contribution >= 0.6 is 31.9 Å². The van der Waals surface area contributed by atoms with Crippen molar-refractivity contribution in [3.63, 3.8) is 0 Å². The molecule has 0 unspecified atom stereocenters. The Hall–Kier alpha value is -1.51. The summed E-state index contributed by atoms with van der Waals surface area (Å²) in [5, 5.41) is 2.76. The maximum absolute atomic E-state index is 11.5. The van der Waals surface area contributed by atoms with E-state index in [1.165, 1.54) is 0 Å². The van der Waals surface area contributed by atoms with E-state index < -0.39 is 11.7 Å². The van der Waals surface area contributed by atoms with Crippen molar-refractivity contribution in [2.75, 3.05) is 0 Å². The summed E-state index contributed by atoms with van der Waals surface area (Å²) >= 11 is 6.50. The van der Waals surface area contributed by atoms with Crippen LogP contribution in [0, 0.1) is 0 Å². The van der Waals surface area contributed by atoms with Gasteiger partial charge in [0.1, 0.15) is 14.8 Å². The first kappa shape index (κ1) is 23.5. The summed E-state index contributed by atoms with van der Waals surface area (Å²) in [5.74, 6) is 0. The third-order valence-corrected chi connectivity index (χ3v) is 4.20. The number of nitrogens with two attached hydrogens (primary N) is 1. The van der Waals surface area contributed by atoms with Crippen LogP contribution in [0.15, 0.2) is 45.9 Å². The fraction of sp³-hybridized carbons (Fsp3) is 0.421. The molecule has 1 amide bonds. The quantitative estimate of drug-likeness (QED) is 0.557. The average Bonchev–Trinajstić information content (AvgIpc) is 2.54. The number of alkyl carbamates (subject to hydrolysis) is 1. The Morgan fingerprint density at radius 3 is 1.89 bits per heavy atom. The monoisotopic (exact) mass is 500 g/mol. The lowest BCUT2D eigenvalue weighted by Gasteiger charge is -2.22. The zero-order valence-corrected chi connectivity index (χ0v) is 19.3. The number of hydrogen-bond acceptors (Lipinski definition) is 5. The predicted octanol–water partition coefficient (Wildman–Crippen LogP) is 5.29. The summed E-state index contributed by atoms with van der Waals surface area (Å²) < 4.78 is 6.79. The van der Waals surface area contributed by atoms with Gasteiger partial charge in [-0.25, -0.2) is 14.8 Å². The molecule has 148 valence electrons. The topological polar surface area (TPSA) is 90.1 Å². The lowest BCUT2D eigenvalue weighted by molar-refractivity contribution is 0.0508. The molecule has 0 saturated carbocycles.